The molecule has 8 fully saturated rings. The largest absolute Gasteiger partial charge is 0.432 e. The Bertz CT molecular complexity index is 2050. The lowest BCUT2D eigenvalue weighted by Gasteiger charge is -2.72. The summed E-state index contributed by atoms with van der Waals surface area (Å²) in [4.78, 5) is 15.2. The number of carbonyl (C=O) groups excluding carboxylic acids is 1. The van der Waals surface area contributed by atoms with E-state index in [-0.39, 0.29) is 41.6 Å². The lowest BCUT2D eigenvalue weighted by Crippen LogP contribution is -2.70. The van der Waals surface area contributed by atoms with E-state index in [2.05, 4.69) is 40.7 Å². The van der Waals surface area contributed by atoms with E-state index < -0.39 is 170 Å². The van der Waals surface area contributed by atoms with Crippen molar-refractivity contribution in [3.05, 3.63) is 11.6 Å². The van der Waals surface area contributed by atoms with E-state index in [9.17, 15) is 66.4 Å². The average molecular weight is 1060 g/mol. The molecule has 0 radical (unpaired) electrons. The molecule has 4 saturated heterocycles. The lowest BCUT2D eigenvalue weighted by molar-refractivity contribution is -0.377. The van der Waals surface area contributed by atoms with E-state index in [0.29, 0.717) is 44.9 Å². The minimum Gasteiger partial charge on any atom is -0.432 e. The smallest absolute Gasteiger partial charge is 0.315 e. The number of aliphatic hydroxyl groups is 13. The van der Waals surface area contributed by atoms with Gasteiger partial charge < -0.3 is 104 Å². The van der Waals surface area contributed by atoms with Crippen LogP contribution in [0.15, 0.2) is 11.6 Å². The number of esters is 1. The van der Waals surface area contributed by atoms with Gasteiger partial charge in [0.25, 0.3) is 0 Å². The predicted molar refractivity (Wildman–Crippen MR) is 252 cm³/mol. The summed E-state index contributed by atoms with van der Waals surface area (Å²) in [5.74, 6) is -1.10. The Labute approximate surface area is 431 Å². The van der Waals surface area contributed by atoms with Gasteiger partial charge in [-0.25, -0.2) is 0 Å². The highest BCUT2D eigenvalue weighted by Crippen LogP contribution is 2.76. The summed E-state index contributed by atoms with van der Waals surface area (Å²) in [6.45, 7) is 12.6. The molecule has 4 heterocycles. The minimum atomic E-state index is -1.77. The van der Waals surface area contributed by atoms with Gasteiger partial charge in [-0.05, 0) is 104 Å². The van der Waals surface area contributed by atoms with E-state index in [1.54, 1.807) is 0 Å². The maximum atomic E-state index is 15.2. The second-order valence-electron chi connectivity index (χ2n) is 25.4. The van der Waals surface area contributed by atoms with Gasteiger partial charge in [0.2, 0.25) is 6.29 Å². The third-order valence-electron chi connectivity index (χ3n) is 20.7. The first-order chi connectivity index (χ1) is 34.6. The molecule has 22 nitrogen and oxygen atoms in total. The number of hydrogen-bond acceptors (Lipinski definition) is 22. The van der Waals surface area contributed by atoms with Crippen molar-refractivity contribution < 1.29 is 109 Å². The summed E-state index contributed by atoms with van der Waals surface area (Å²) in [5.41, 5.74) is -2.58. The molecule has 0 bridgehead atoms. The van der Waals surface area contributed by atoms with Crippen molar-refractivity contribution in [2.45, 2.75) is 229 Å². The van der Waals surface area contributed by atoms with Gasteiger partial charge in [-0.1, -0.05) is 53.2 Å². The first-order valence-electron chi connectivity index (χ1n) is 26.8. The standard InChI is InChI=1S/C52H84O22/c1-22-31(58)35(62)38(65)43(69-22)72-39-33(60)27(57)20-68-44(39)74-46(66)52-14-12-47(2,3)16-24(52)23-8-9-30-48(4)17-25(55)41(49(5,21-54)29(48)10-11-51(30,7)50(23,6)13-15-52)73-45-40(36(63)34(61)28(18-53)70-45)71-42-37(64)32(59)26(56)19-67-42/h8,22,24-45,53-65H,9-21H2,1-7H3/t22-,24-,25-,26-,27-,28+,29+,30+,31-,32-,33-,34+,35+,36-,37+,38+,39+,40+,41-,42-,43-,44-,45-,48-,49-,50+,51+,52-/m0/s1. The molecular weight excluding hydrogens is 977 g/mol. The molecule has 4 aliphatic heterocycles. The molecule has 424 valence electrons. The number of carbonyl (C=O) groups is 1. The molecule has 9 rings (SSSR count). The van der Waals surface area contributed by atoms with Gasteiger partial charge in [0.15, 0.2) is 25.0 Å². The molecule has 0 unspecified atom stereocenters. The maximum absolute atomic E-state index is 15.2. The Morgan fingerprint density at radius 2 is 1.24 bits per heavy atom. The molecule has 13 N–H and O–H groups in total. The predicted octanol–water partition coefficient (Wildman–Crippen LogP) is -1.79. The molecule has 28 atom stereocenters. The lowest BCUT2D eigenvalue weighted by atomic mass is 9.33. The van der Waals surface area contributed by atoms with E-state index in [1.807, 2.05) is 6.92 Å². The minimum absolute atomic E-state index is 0.0364. The fourth-order valence-electron chi connectivity index (χ4n) is 16.0. The van der Waals surface area contributed by atoms with Crippen LogP contribution in [0.2, 0.25) is 0 Å². The second kappa shape index (κ2) is 20.5. The summed E-state index contributed by atoms with van der Waals surface area (Å²) in [5, 5.41) is 141. The van der Waals surface area contributed by atoms with Crippen LogP contribution in [-0.2, 0) is 42.7 Å². The highest BCUT2D eigenvalue weighted by molar-refractivity contribution is 5.79. The average Bonchev–Trinajstić information content (AvgIpc) is 3.35. The number of aliphatic hydroxyl groups excluding tert-OH is 13. The number of fused-ring (bicyclic) bond motifs is 7. The molecule has 0 amide bonds. The highest BCUT2D eigenvalue weighted by atomic mass is 16.8. The Morgan fingerprint density at radius 3 is 1.92 bits per heavy atom. The van der Waals surface area contributed by atoms with E-state index in [0.717, 1.165) is 6.42 Å². The van der Waals surface area contributed by atoms with E-state index >= 15 is 4.79 Å². The molecule has 9 aliphatic rings. The molecule has 0 aromatic carbocycles. The van der Waals surface area contributed by atoms with Crippen molar-refractivity contribution in [3.63, 3.8) is 0 Å². The van der Waals surface area contributed by atoms with Crippen LogP contribution in [0.3, 0.4) is 0 Å². The Hall–Kier alpha value is -1.59. The first-order valence-corrected chi connectivity index (χ1v) is 26.8. The van der Waals surface area contributed by atoms with Gasteiger partial charge in [0, 0.05) is 5.41 Å². The molecular formula is C52H84O22. The summed E-state index contributed by atoms with van der Waals surface area (Å²) in [7, 11) is 0. The van der Waals surface area contributed by atoms with E-state index in [4.69, 9.17) is 37.9 Å². The van der Waals surface area contributed by atoms with Crippen LogP contribution >= 0.6 is 0 Å². The Kier molecular flexibility index (Phi) is 15.8. The zero-order chi connectivity index (χ0) is 54.0. The van der Waals surface area contributed by atoms with Gasteiger partial charge >= 0.3 is 5.97 Å². The Morgan fingerprint density at radius 1 is 0.622 bits per heavy atom. The topological polar surface area (TPSA) is 354 Å². The van der Waals surface area contributed by atoms with Crippen LogP contribution in [0.5, 0.6) is 0 Å². The monoisotopic (exact) mass is 1060 g/mol. The zero-order valence-corrected chi connectivity index (χ0v) is 43.5. The normalized spacial score (nSPS) is 55.4. The maximum Gasteiger partial charge on any atom is 0.315 e. The fraction of sp³-hybridized carbons (Fsp3) is 0.942. The fourth-order valence-corrected chi connectivity index (χ4v) is 16.0. The van der Waals surface area contributed by atoms with Crippen LogP contribution in [0.25, 0.3) is 0 Å². The van der Waals surface area contributed by atoms with Crippen molar-refractivity contribution in [1.82, 2.24) is 0 Å². The Balaban J connectivity index is 0.981. The van der Waals surface area contributed by atoms with Gasteiger partial charge in [-0.15, -0.1) is 0 Å². The quantitative estimate of drug-likeness (QED) is 0.0653. The van der Waals surface area contributed by atoms with Gasteiger partial charge in [0.1, 0.15) is 73.2 Å². The van der Waals surface area contributed by atoms with Crippen molar-refractivity contribution in [3.8, 4) is 0 Å². The summed E-state index contributed by atoms with van der Waals surface area (Å²) < 4.78 is 47.8. The SMILES string of the molecule is C[C@@H]1O[C@@H](O[C@H]2[C@H](OC(=O)[C@]34CCC(C)(C)C[C@H]3C3=CC[C@@H]5[C@@]6(C)C[C@H](O)[C@H](O[C@@H]7O[C@H](CO)[C@@H](O)[C@H](O)[C@H]7O[C@@H]7OC[C@H](O)[C@H](O)[C@H]7O)[C@@](C)(CO)[C@@H]6CC[C@@]5(C)[C@]3(C)CC4)OC[C@H](O)[C@@H]2O)[C@H](O)[C@H](O)[C@H]1O. The molecule has 4 saturated carbocycles. The molecule has 22 heteroatoms. The van der Waals surface area contributed by atoms with Crippen LogP contribution in [-0.4, -0.2) is 222 Å². The number of allylic oxidation sites excluding steroid dienone is 2. The number of ether oxygens (including phenoxy) is 8. The van der Waals surface area contributed by atoms with Gasteiger partial charge in [-0.2, -0.15) is 0 Å². The van der Waals surface area contributed by atoms with Crippen LogP contribution < -0.4 is 0 Å². The summed E-state index contributed by atoms with van der Waals surface area (Å²) in [6, 6.07) is 0. The number of rotatable bonds is 10. The third kappa shape index (κ3) is 9.07. The first kappa shape index (κ1) is 57.1. The highest BCUT2D eigenvalue weighted by Gasteiger charge is 2.72. The molecule has 0 aromatic heterocycles. The second-order valence-corrected chi connectivity index (χ2v) is 25.4. The van der Waals surface area contributed by atoms with Crippen molar-refractivity contribution in [2.24, 2.45) is 50.2 Å². The third-order valence-corrected chi connectivity index (χ3v) is 20.7. The van der Waals surface area contributed by atoms with Crippen LogP contribution in [0.1, 0.15) is 106 Å². The van der Waals surface area contributed by atoms with Crippen molar-refractivity contribution in [1.29, 1.82) is 0 Å². The van der Waals surface area contributed by atoms with E-state index in [1.165, 1.54) is 12.5 Å². The summed E-state index contributed by atoms with van der Waals surface area (Å²) in [6.07, 6.45) is -22.9. The van der Waals surface area contributed by atoms with Gasteiger partial charge in [-0.3, -0.25) is 4.79 Å². The van der Waals surface area contributed by atoms with Crippen LogP contribution in [0, 0.1) is 50.2 Å². The number of hydrogen-bond donors (Lipinski definition) is 13. The van der Waals surface area contributed by atoms with Crippen molar-refractivity contribution >= 4 is 5.97 Å². The molecule has 0 aromatic rings. The molecule has 0 spiro atoms. The molecule has 5 aliphatic carbocycles. The van der Waals surface area contributed by atoms with Gasteiger partial charge in [0.05, 0.1) is 50.2 Å². The van der Waals surface area contributed by atoms with Crippen LogP contribution in [0.4, 0.5) is 0 Å². The molecule has 74 heavy (non-hydrogen) atoms. The summed E-state index contributed by atoms with van der Waals surface area (Å²) >= 11 is 0. The van der Waals surface area contributed by atoms with Crippen molar-refractivity contribution in [2.75, 3.05) is 26.4 Å². The zero-order valence-electron chi connectivity index (χ0n) is 43.5.